The molecule has 24 heavy (non-hydrogen) atoms. The monoisotopic (exact) mass is 349 g/mol. The van der Waals surface area contributed by atoms with E-state index >= 15 is 0 Å². The molecule has 6 nitrogen and oxygen atoms in total. The average Bonchev–Trinajstić information content (AvgIpc) is 2.88. The maximum atomic E-state index is 12.3. The molecule has 2 aliphatic carbocycles. The number of carbonyl (C=O) groups is 3. The highest BCUT2D eigenvalue weighted by Crippen LogP contribution is 2.34. The van der Waals surface area contributed by atoms with Crippen LogP contribution in [0, 0.1) is 11.8 Å². The molecule has 0 aliphatic heterocycles. The largest absolute Gasteiger partial charge is 0.356 e. The molecule has 130 valence electrons. The van der Waals surface area contributed by atoms with E-state index in [4.69, 9.17) is 0 Å². The van der Waals surface area contributed by atoms with Crippen LogP contribution < -0.4 is 10.6 Å². The zero-order valence-corrected chi connectivity index (χ0v) is 14.7. The number of hydrogen-bond acceptors (Lipinski definition) is 5. The number of unbranched alkanes of at least 4 members (excludes halogenated alkanes) is 1. The van der Waals surface area contributed by atoms with Gasteiger partial charge in [-0.3, -0.25) is 14.4 Å². The summed E-state index contributed by atoms with van der Waals surface area (Å²) in [6.07, 6.45) is 5.60. The maximum absolute atomic E-state index is 12.3. The number of aromatic nitrogens is 1. The lowest BCUT2D eigenvalue weighted by Gasteiger charge is -2.23. The lowest BCUT2D eigenvalue weighted by atomic mass is 9.85. The molecule has 0 bridgehead atoms. The van der Waals surface area contributed by atoms with E-state index < -0.39 is 0 Å². The second kappa shape index (κ2) is 7.42. The standard InChI is InChI=1S/C17H23N3O3S/c1-2-3-7-18-15(22)11-8-12-14(13(21)9-11)24-17(19-12)20-16(23)10-5-4-6-10/h10-11H,2-9H2,1H3,(H,18,22)(H,19,20,23)/t11-/m1/s1. The van der Waals surface area contributed by atoms with Crippen LogP contribution in [0.15, 0.2) is 0 Å². The number of Topliss-reactive ketones (excluding diaryl/α,β-unsaturated/α-hetero) is 1. The lowest BCUT2D eigenvalue weighted by molar-refractivity contribution is -0.125. The quantitative estimate of drug-likeness (QED) is 0.773. The Balaban J connectivity index is 1.63. The molecule has 2 amide bonds. The van der Waals surface area contributed by atoms with Crippen LogP contribution in [0.3, 0.4) is 0 Å². The minimum Gasteiger partial charge on any atom is -0.356 e. The number of carbonyl (C=O) groups excluding carboxylic acids is 3. The Labute approximate surface area is 145 Å². The fraction of sp³-hybridized carbons (Fsp3) is 0.647. The van der Waals surface area contributed by atoms with Gasteiger partial charge in [-0.15, -0.1) is 0 Å². The first-order valence-electron chi connectivity index (χ1n) is 8.70. The zero-order valence-electron chi connectivity index (χ0n) is 13.9. The molecular weight excluding hydrogens is 326 g/mol. The van der Waals surface area contributed by atoms with Crippen molar-refractivity contribution in [3.8, 4) is 0 Å². The molecule has 2 aliphatic rings. The van der Waals surface area contributed by atoms with E-state index in [2.05, 4.69) is 22.5 Å². The molecule has 0 unspecified atom stereocenters. The summed E-state index contributed by atoms with van der Waals surface area (Å²) >= 11 is 1.23. The second-order valence-electron chi connectivity index (χ2n) is 6.58. The number of nitrogens with zero attached hydrogens (tertiary/aromatic N) is 1. The molecule has 0 saturated heterocycles. The van der Waals surface area contributed by atoms with Gasteiger partial charge in [0, 0.05) is 25.3 Å². The predicted molar refractivity (Wildman–Crippen MR) is 92.1 cm³/mol. The Morgan fingerprint density at radius 1 is 1.21 bits per heavy atom. The van der Waals surface area contributed by atoms with E-state index in [1.54, 1.807) is 0 Å². The van der Waals surface area contributed by atoms with Crippen molar-refractivity contribution >= 4 is 34.1 Å². The first kappa shape index (κ1) is 17.1. The molecule has 1 fully saturated rings. The lowest BCUT2D eigenvalue weighted by Crippen LogP contribution is -2.36. The topological polar surface area (TPSA) is 88.2 Å². The van der Waals surface area contributed by atoms with E-state index in [1.165, 1.54) is 11.3 Å². The van der Waals surface area contributed by atoms with E-state index in [0.717, 1.165) is 32.1 Å². The maximum Gasteiger partial charge on any atom is 0.229 e. The molecule has 1 saturated carbocycles. The molecular formula is C17H23N3O3S. The minimum atomic E-state index is -0.348. The van der Waals surface area contributed by atoms with Gasteiger partial charge >= 0.3 is 0 Å². The van der Waals surface area contributed by atoms with E-state index in [1.807, 2.05) is 0 Å². The smallest absolute Gasteiger partial charge is 0.229 e. The fourth-order valence-corrected chi connectivity index (χ4v) is 3.92. The normalized spacial score (nSPS) is 20.2. The Hall–Kier alpha value is -1.76. The van der Waals surface area contributed by atoms with Crippen molar-refractivity contribution in [2.24, 2.45) is 11.8 Å². The number of hydrogen-bond donors (Lipinski definition) is 2. The van der Waals surface area contributed by atoms with E-state index in [9.17, 15) is 14.4 Å². The van der Waals surface area contributed by atoms with Crippen LogP contribution in [0.1, 0.15) is 60.8 Å². The van der Waals surface area contributed by atoms with Crippen LogP contribution >= 0.6 is 11.3 Å². The van der Waals surface area contributed by atoms with Crippen molar-refractivity contribution in [2.75, 3.05) is 11.9 Å². The predicted octanol–water partition coefficient (Wildman–Crippen LogP) is 2.54. The van der Waals surface area contributed by atoms with Gasteiger partial charge in [0.05, 0.1) is 16.5 Å². The highest BCUT2D eigenvalue weighted by atomic mass is 32.1. The summed E-state index contributed by atoms with van der Waals surface area (Å²) in [5.41, 5.74) is 0.649. The second-order valence-corrected chi connectivity index (χ2v) is 7.58. The van der Waals surface area contributed by atoms with Crippen LogP contribution in [0.2, 0.25) is 0 Å². The van der Waals surface area contributed by atoms with Crippen molar-refractivity contribution in [3.05, 3.63) is 10.6 Å². The molecule has 0 aromatic carbocycles. The molecule has 7 heteroatoms. The van der Waals surface area contributed by atoms with Crippen molar-refractivity contribution in [2.45, 2.75) is 51.9 Å². The van der Waals surface area contributed by atoms with Crippen molar-refractivity contribution < 1.29 is 14.4 Å². The van der Waals surface area contributed by atoms with Crippen molar-refractivity contribution in [3.63, 3.8) is 0 Å². The van der Waals surface area contributed by atoms with Gasteiger partial charge in [-0.1, -0.05) is 31.1 Å². The van der Waals surface area contributed by atoms with Crippen LogP contribution in [-0.4, -0.2) is 29.1 Å². The SMILES string of the molecule is CCCCNC(=O)[C@H]1CC(=O)c2sc(NC(=O)C3CCC3)nc2C1. The van der Waals surface area contributed by atoms with Gasteiger partial charge < -0.3 is 10.6 Å². The van der Waals surface area contributed by atoms with Crippen LogP contribution in [0.4, 0.5) is 5.13 Å². The average molecular weight is 349 g/mol. The van der Waals surface area contributed by atoms with Gasteiger partial charge in [0.25, 0.3) is 0 Å². The summed E-state index contributed by atoms with van der Waals surface area (Å²) in [6.45, 7) is 2.71. The zero-order chi connectivity index (χ0) is 17.1. The molecule has 2 N–H and O–H groups in total. The van der Waals surface area contributed by atoms with Gasteiger partial charge in [-0.2, -0.15) is 0 Å². The third kappa shape index (κ3) is 3.66. The van der Waals surface area contributed by atoms with Crippen LogP contribution in [-0.2, 0) is 16.0 Å². The highest BCUT2D eigenvalue weighted by molar-refractivity contribution is 7.17. The number of rotatable bonds is 6. The molecule has 1 heterocycles. The Morgan fingerprint density at radius 2 is 2.00 bits per heavy atom. The van der Waals surface area contributed by atoms with Gasteiger partial charge in [0.1, 0.15) is 0 Å². The molecule has 0 radical (unpaired) electrons. The van der Waals surface area contributed by atoms with Crippen LogP contribution in [0.5, 0.6) is 0 Å². The Kier molecular flexibility index (Phi) is 5.28. The number of nitrogens with one attached hydrogen (secondary N) is 2. The van der Waals surface area contributed by atoms with Gasteiger partial charge in [-0.25, -0.2) is 4.98 Å². The number of ketones is 1. The third-order valence-electron chi connectivity index (χ3n) is 4.73. The van der Waals surface area contributed by atoms with Gasteiger partial charge in [0.2, 0.25) is 11.8 Å². The summed E-state index contributed by atoms with van der Waals surface area (Å²) in [4.78, 5) is 41.5. The van der Waals surface area contributed by atoms with Crippen LogP contribution in [0.25, 0.3) is 0 Å². The summed E-state index contributed by atoms with van der Waals surface area (Å²) in [5.74, 6) is -0.393. The number of amides is 2. The summed E-state index contributed by atoms with van der Waals surface area (Å²) in [6, 6.07) is 0. The first-order chi connectivity index (χ1) is 11.6. The van der Waals surface area contributed by atoms with Gasteiger partial charge in [-0.05, 0) is 19.3 Å². The number of thiazole rings is 1. The molecule has 3 rings (SSSR count). The van der Waals surface area contributed by atoms with E-state index in [-0.39, 0.29) is 35.9 Å². The minimum absolute atomic E-state index is 0.00588. The fourth-order valence-electron chi connectivity index (χ4n) is 2.98. The molecule has 0 spiro atoms. The molecule has 1 atom stereocenters. The third-order valence-corrected chi connectivity index (χ3v) is 5.78. The Morgan fingerprint density at radius 3 is 2.67 bits per heavy atom. The highest BCUT2D eigenvalue weighted by Gasteiger charge is 2.33. The van der Waals surface area contributed by atoms with Gasteiger partial charge in [0.15, 0.2) is 10.9 Å². The first-order valence-corrected chi connectivity index (χ1v) is 9.51. The van der Waals surface area contributed by atoms with Crippen molar-refractivity contribution in [1.82, 2.24) is 10.3 Å². The van der Waals surface area contributed by atoms with Crippen molar-refractivity contribution in [1.29, 1.82) is 0 Å². The van der Waals surface area contributed by atoms with E-state index in [0.29, 0.717) is 28.7 Å². The summed E-state index contributed by atoms with van der Waals surface area (Å²) < 4.78 is 0. The number of fused-ring (bicyclic) bond motifs is 1. The summed E-state index contributed by atoms with van der Waals surface area (Å²) in [7, 11) is 0. The Bertz CT molecular complexity index is 652. The molecule has 1 aromatic rings. The molecule has 1 aromatic heterocycles. The summed E-state index contributed by atoms with van der Waals surface area (Å²) in [5, 5.41) is 6.20. The number of anilines is 1.